The molecule has 3 aromatic carbocycles. The predicted molar refractivity (Wildman–Crippen MR) is 113 cm³/mol. The summed E-state index contributed by atoms with van der Waals surface area (Å²) in [5.74, 6) is 1.95. The Balaban J connectivity index is 1.49. The van der Waals surface area contributed by atoms with Crippen molar-refractivity contribution >= 4 is 16.7 Å². The monoisotopic (exact) mass is 392 g/mol. The molecule has 0 atom stereocenters. The first kappa shape index (κ1) is 20.4. The third-order valence-corrected chi connectivity index (χ3v) is 4.09. The zero-order valence-electron chi connectivity index (χ0n) is 16.4. The molecule has 0 saturated heterocycles. The van der Waals surface area contributed by atoms with E-state index in [0.717, 1.165) is 28.0 Å². The lowest BCUT2D eigenvalue weighted by Gasteiger charge is -2.11. The number of hydrogen-bond acceptors (Lipinski definition) is 5. The molecule has 150 valence electrons. The molecule has 0 aromatic heterocycles. The lowest BCUT2D eigenvalue weighted by Crippen LogP contribution is -2.13. The molecule has 0 heterocycles. The topological polar surface area (TPSA) is 54.0 Å². The van der Waals surface area contributed by atoms with Crippen molar-refractivity contribution < 1.29 is 23.7 Å². The van der Waals surface area contributed by atoms with Crippen LogP contribution in [0.15, 0.2) is 78.9 Å². The standard InChI is InChI=1S/C24H24O5/c1-18(2)24(25)28-16-14-26-13-15-27-21-11-12-22-19(17-21)7-6-10-23(22)29-20-8-4-3-5-9-20/h3-12,17H,1,13-16H2,2H3. The molecule has 0 aliphatic rings. The van der Waals surface area contributed by atoms with Crippen molar-refractivity contribution in [2.45, 2.75) is 6.92 Å². The predicted octanol–water partition coefficient (Wildman–Crippen LogP) is 5.15. The third-order valence-electron chi connectivity index (χ3n) is 4.09. The Morgan fingerprint density at radius 2 is 1.66 bits per heavy atom. The van der Waals surface area contributed by atoms with E-state index in [9.17, 15) is 4.79 Å². The van der Waals surface area contributed by atoms with Crippen LogP contribution < -0.4 is 9.47 Å². The minimum Gasteiger partial charge on any atom is -0.491 e. The molecule has 3 rings (SSSR count). The molecule has 0 radical (unpaired) electrons. The smallest absolute Gasteiger partial charge is 0.333 e. The van der Waals surface area contributed by atoms with Gasteiger partial charge in [-0.1, -0.05) is 36.9 Å². The maximum atomic E-state index is 11.2. The Hall–Kier alpha value is -3.31. The Kier molecular flexibility index (Phi) is 7.25. The van der Waals surface area contributed by atoms with Crippen LogP contribution in [0.2, 0.25) is 0 Å². The van der Waals surface area contributed by atoms with E-state index >= 15 is 0 Å². The number of fused-ring (bicyclic) bond motifs is 1. The van der Waals surface area contributed by atoms with Crippen LogP contribution in [0.25, 0.3) is 10.8 Å². The normalized spacial score (nSPS) is 10.5. The second-order valence-corrected chi connectivity index (χ2v) is 6.43. The van der Waals surface area contributed by atoms with Crippen LogP contribution >= 0.6 is 0 Å². The third kappa shape index (κ3) is 6.09. The van der Waals surface area contributed by atoms with Gasteiger partial charge in [0, 0.05) is 11.0 Å². The van der Waals surface area contributed by atoms with Crippen LogP contribution in [-0.4, -0.2) is 32.4 Å². The Morgan fingerprint density at radius 3 is 2.45 bits per heavy atom. The molecule has 0 fully saturated rings. The van der Waals surface area contributed by atoms with Gasteiger partial charge in [-0.3, -0.25) is 0 Å². The maximum absolute atomic E-state index is 11.2. The Labute approximate surface area is 170 Å². The van der Waals surface area contributed by atoms with Crippen molar-refractivity contribution in [2.24, 2.45) is 0 Å². The quantitative estimate of drug-likeness (QED) is 0.271. The number of ether oxygens (including phenoxy) is 4. The van der Waals surface area contributed by atoms with Gasteiger partial charge in [0.15, 0.2) is 0 Å². The van der Waals surface area contributed by atoms with Gasteiger partial charge >= 0.3 is 5.97 Å². The summed E-state index contributed by atoms with van der Waals surface area (Å²) in [5.41, 5.74) is 0.377. The van der Waals surface area contributed by atoms with Gasteiger partial charge in [0.05, 0.1) is 13.2 Å². The highest BCUT2D eigenvalue weighted by Crippen LogP contribution is 2.31. The number of para-hydroxylation sites is 1. The largest absolute Gasteiger partial charge is 0.491 e. The summed E-state index contributed by atoms with van der Waals surface area (Å²) in [6.45, 7) is 6.46. The van der Waals surface area contributed by atoms with Gasteiger partial charge in [0.2, 0.25) is 0 Å². The SMILES string of the molecule is C=C(C)C(=O)OCCOCCOc1ccc2c(Oc3ccccc3)cccc2c1. The molecule has 29 heavy (non-hydrogen) atoms. The molecule has 3 aromatic rings. The van der Waals surface area contributed by atoms with Crippen molar-refractivity contribution in [3.8, 4) is 17.2 Å². The van der Waals surface area contributed by atoms with Gasteiger partial charge in [-0.2, -0.15) is 0 Å². The van der Waals surface area contributed by atoms with E-state index in [0.29, 0.717) is 25.4 Å². The number of hydrogen-bond donors (Lipinski definition) is 0. The average Bonchev–Trinajstić information content (AvgIpc) is 2.73. The summed E-state index contributed by atoms with van der Waals surface area (Å²) in [4.78, 5) is 11.2. The minimum atomic E-state index is -0.406. The van der Waals surface area contributed by atoms with E-state index in [1.807, 2.05) is 66.7 Å². The number of carbonyl (C=O) groups excluding carboxylic acids is 1. The van der Waals surface area contributed by atoms with Gasteiger partial charge in [0.25, 0.3) is 0 Å². The summed E-state index contributed by atoms with van der Waals surface area (Å²) in [6, 6.07) is 21.5. The zero-order valence-corrected chi connectivity index (χ0v) is 16.4. The van der Waals surface area contributed by atoms with Crippen LogP contribution in [0.3, 0.4) is 0 Å². The van der Waals surface area contributed by atoms with Crippen LogP contribution in [0.5, 0.6) is 17.2 Å². The molecule has 5 nitrogen and oxygen atoms in total. The summed E-state index contributed by atoms with van der Waals surface area (Å²) in [5, 5.41) is 2.04. The first-order valence-electron chi connectivity index (χ1n) is 9.42. The molecule has 0 aliphatic carbocycles. The van der Waals surface area contributed by atoms with E-state index in [2.05, 4.69) is 6.58 Å². The highest BCUT2D eigenvalue weighted by Gasteiger charge is 2.05. The second kappa shape index (κ2) is 10.3. The molecular formula is C24H24O5. The van der Waals surface area contributed by atoms with Gasteiger partial charge < -0.3 is 18.9 Å². The van der Waals surface area contributed by atoms with Crippen LogP contribution in [0.4, 0.5) is 0 Å². The van der Waals surface area contributed by atoms with Crippen LogP contribution in [0.1, 0.15) is 6.92 Å². The van der Waals surface area contributed by atoms with Crippen molar-refractivity contribution in [3.05, 3.63) is 78.9 Å². The molecule has 0 bridgehead atoms. The fraction of sp³-hybridized carbons (Fsp3) is 0.208. The maximum Gasteiger partial charge on any atom is 0.333 e. The minimum absolute atomic E-state index is 0.200. The number of carbonyl (C=O) groups is 1. The lowest BCUT2D eigenvalue weighted by atomic mass is 10.1. The van der Waals surface area contributed by atoms with E-state index < -0.39 is 5.97 Å². The van der Waals surface area contributed by atoms with E-state index in [1.54, 1.807) is 6.92 Å². The number of benzene rings is 3. The van der Waals surface area contributed by atoms with Crippen molar-refractivity contribution in [2.75, 3.05) is 26.4 Å². The van der Waals surface area contributed by atoms with Crippen LogP contribution in [0, 0.1) is 0 Å². The van der Waals surface area contributed by atoms with E-state index in [-0.39, 0.29) is 6.61 Å². The molecule has 0 unspecified atom stereocenters. The average molecular weight is 392 g/mol. The lowest BCUT2D eigenvalue weighted by molar-refractivity contribution is -0.140. The van der Waals surface area contributed by atoms with E-state index in [1.165, 1.54) is 0 Å². The zero-order chi connectivity index (χ0) is 20.5. The first-order chi connectivity index (χ1) is 14.1. The Bertz CT molecular complexity index is 965. The van der Waals surface area contributed by atoms with Gasteiger partial charge in [-0.05, 0) is 48.7 Å². The fourth-order valence-corrected chi connectivity index (χ4v) is 2.66. The molecule has 5 heteroatoms. The Morgan fingerprint density at radius 1 is 0.862 bits per heavy atom. The highest BCUT2D eigenvalue weighted by molar-refractivity contribution is 5.89. The van der Waals surface area contributed by atoms with Gasteiger partial charge in [-0.15, -0.1) is 0 Å². The second-order valence-electron chi connectivity index (χ2n) is 6.43. The molecule has 0 N–H and O–H groups in total. The van der Waals surface area contributed by atoms with Gasteiger partial charge in [0.1, 0.15) is 30.5 Å². The molecule has 0 aliphatic heterocycles. The first-order valence-corrected chi connectivity index (χ1v) is 9.42. The van der Waals surface area contributed by atoms with Crippen LogP contribution in [-0.2, 0) is 14.3 Å². The van der Waals surface area contributed by atoms with Crippen molar-refractivity contribution in [3.63, 3.8) is 0 Å². The highest BCUT2D eigenvalue weighted by atomic mass is 16.6. The molecule has 0 saturated carbocycles. The summed E-state index contributed by atoms with van der Waals surface area (Å²) in [7, 11) is 0. The van der Waals surface area contributed by atoms with Gasteiger partial charge in [-0.25, -0.2) is 4.79 Å². The molecule has 0 spiro atoms. The molecular weight excluding hydrogens is 368 g/mol. The number of rotatable bonds is 10. The fourth-order valence-electron chi connectivity index (χ4n) is 2.66. The number of esters is 1. The summed E-state index contributed by atoms with van der Waals surface area (Å²) in [6.07, 6.45) is 0. The van der Waals surface area contributed by atoms with Crippen molar-refractivity contribution in [1.82, 2.24) is 0 Å². The summed E-state index contributed by atoms with van der Waals surface area (Å²) < 4.78 is 22.1. The van der Waals surface area contributed by atoms with Crippen molar-refractivity contribution in [1.29, 1.82) is 0 Å². The molecule has 0 amide bonds. The van der Waals surface area contributed by atoms with E-state index in [4.69, 9.17) is 18.9 Å². The summed E-state index contributed by atoms with van der Waals surface area (Å²) >= 11 is 0.